The minimum atomic E-state index is -0.877. The van der Waals surface area contributed by atoms with Crippen LogP contribution >= 0.6 is 23.2 Å². The summed E-state index contributed by atoms with van der Waals surface area (Å²) in [6.45, 7) is 5.60. The molecule has 5 nitrogen and oxygen atoms in total. The first kappa shape index (κ1) is 23.1. The van der Waals surface area contributed by atoms with Gasteiger partial charge in [-0.05, 0) is 50.1 Å². The van der Waals surface area contributed by atoms with E-state index in [0.29, 0.717) is 28.3 Å². The molecule has 0 amide bonds. The van der Waals surface area contributed by atoms with Crippen LogP contribution in [0.5, 0.6) is 5.75 Å². The monoisotopic (exact) mass is 465 g/mol. The van der Waals surface area contributed by atoms with E-state index < -0.39 is 29.4 Å². The number of unbranched alkanes of at least 4 members (excludes halogenated alkanes) is 1. The van der Waals surface area contributed by atoms with Crippen molar-refractivity contribution in [3.05, 3.63) is 63.0 Å². The number of hydrogen-bond acceptors (Lipinski definition) is 4. The van der Waals surface area contributed by atoms with Gasteiger partial charge in [0.15, 0.2) is 11.6 Å². The third-order valence-electron chi connectivity index (χ3n) is 5.22. The van der Waals surface area contributed by atoms with Crippen LogP contribution in [-0.2, 0) is 9.53 Å². The first-order valence-electron chi connectivity index (χ1n) is 9.87. The molecule has 3 aromatic rings. The summed E-state index contributed by atoms with van der Waals surface area (Å²) < 4.78 is 20.9. The second-order valence-corrected chi connectivity index (χ2v) is 8.15. The van der Waals surface area contributed by atoms with Gasteiger partial charge in [-0.3, -0.25) is 14.2 Å². The molecule has 0 aliphatic heterocycles. The van der Waals surface area contributed by atoms with Crippen molar-refractivity contribution in [1.82, 2.24) is 4.57 Å². The second-order valence-electron chi connectivity index (χ2n) is 7.33. The zero-order valence-electron chi connectivity index (χ0n) is 17.3. The quantitative estimate of drug-likeness (QED) is 0.345. The predicted molar refractivity (Wildman–Crippen MR) is 119 cm³/mol. The molecule has 0 aliphatic carbocycles. The number of hydrogen-bond donors (Lipinski definition) is 1. The lowest BCUT2D eigenvalue weighted by atomic mass is 9.98. The van der Waals surface area contributed by atoms with Gasteiger partial charge in [0.2, 0.25) is 0 Å². The van der Waals surface area contributed by atoms with Gasteiger partial charge in [0.05, 0.1) is 28.1 Å². The third-order valence-corrected chi connectivity index (χ3v) is 5.96. The largest absolute Gasteiger partial charge is 0.505 e. The zero-order valence-corrected chi connectivity index (χ0v) is 18.9. The van der Waals surface area contributed by atoms with E-state index in [-0.39, 0.29) is 16.1 Å². The summed E-state index contributed by atoms with van der Waals surface area (Å²) in [4.78, 5) is 25.9. The fourth-order valence-electron chi connectivity index (χ4n) is 3.57. The predicted octanol–water partition coefficient (Wildman–Crippen LogP) is 6.24. The van der Waals surface area contributed by atoms with Gasteiger partial charge in [-0.25, -0.2) is 4.39 Å². The number of carbonyl (C=O) groups excluding carboxylic acids is 2. The molecule has 0 saturated heterocycles. The van der Waals surface area contributed by atoms with Crippen LogP contribution < -0.4 is 0 Å². The Hall–Kier alpha value is -2.57. The van der Waals surface area contributed by atoms with E-state index >= 15 is 0 Å². The van der Waals surface area contributed by atoms with E-state index in [1.165, 1.54) is 28.8 Å². The number of carbonyl (C=O) groups is 2. The molecule has 2 aromatic carbocycles. The molecule has 0 aliphatic rings. The molecule has 1 N–H and O–H groups in total. The van der Waals surface area contributed by atoms with E-state index in [1.807, 2.05) is 6.92 Å². The van der Waals surface area contributed by atoms with Crippen LogP contribution in [0.1, 0.15) is 54.2 Å². The molecule has 0 spiro atoms. The van der Waals surface area contributed by atoms with Crippen LogP contribution in [0.3, 0.4) is 0 Å². The SMILES string of the molecule is CCCCOC(=O)[C@H](C)c1c(C)n(C(=O)c2ccc(Cl)c(Cl)c2)c2cc(F)c(O)cc12. The fourth-order valence-corrected chi connectivity index (χ4v) is 3.87. The number of fused-ring (bicyclic) bond motifs is 1. The number of aromatic nitrogens is 1. The first-order valence-corrected chi connectivity index (χ1v) is 10.6. The molecule has 8 heteroatoms. The average molecular weight is 466 g/mol. The molecule has 3 rings (SSSR count). The highest BCUT2D eigenvalue weighted by atomic mass is 35.5. The van der Waals surface area contributed by atoms with Gasteiger partial charge in [0.1, 0.15) is 0 Å². The highest BCUT2D eigenvalue weighted by molar-refractivity contribution is 6.42. The summed E-state index contributed by atoms with van der Waals surface area (Å²) in [6, 6.07) is 6.74. The van der Waals surface area contributed by atoms with Crippen LogP contribution in [0.25, 0.3) is 10.9 Å². The van der Waals surface area contributed by atoms with Crippen LogP contribution in [0.15, 0.2) is 30.3 Å². The molecule has 31 heavy (non-hydrogen) atoms. The lowest BCUT2D eigenvalue weighted by molar-refractivity contribution is -0.145. The van der Waals surface area contributed by atoms with Crippen LogP contribution in [0, 0.1) is 12.7 Å². The van der Waals surface area contributed by atoms with E-state index in [9.17, 15) is 19.1 Å². The molecule has 1 aromatic heterocycles. The number of aromatic hydroxyl groups is 1. The highest BCUT2D eigenvalue weighted by Crippen LogP contribution is 2.36. The summed E-state index contributed by atoms with van der Waals surface area (Å²) in [5.41, 5.74) is 1.40. The Labute approximate surface area is 189 Å². The zero-order chi connectivity index (χ0) is 22.9. The minimum Gasteiger partial charge on any atom is -0.505 e. The molecule has 0 saturated carbocycles. The minimum absolute atomic E-state index is 0.207. The summed E-state index contributed by atoms with van der Waals surface area (Å²) >= 11 is 12.0. The molecule has 0 unspecified atom stereocenters. The maximum atomic E-state index is 14.2. The lowest BCUT2D eigenvalue weighted by Gasteiger charge is -2.13. The number of halogens is 3. The Bertz CT molecular complexity index is 1170. The van der Waals surface area contributed by atoms with Gasteiger partial charge in [-0.1, -0.05) is 36.5 Å². The number of rotatable bonds is 6. The number of nitrogens with zero attached hydrogens (tertiary/aromatic N) is 1. The number of esters is 1. The Morgan fingerprint density at radius 1 is 1.19 bits per heavy atom. The maximum Gasteiger partial charge on any atom is 0.313 e. The first-order chi connectivity index (χ1) is 14.7. The lowest BCUT2D eigenvalue weighted by Crippen LogP contribution is -2.17. The Morgan fingerprint density at radius 2 is 1.90 bits per heavy atom. The number of benzene rings is 2. The Morgan fingerprint density at radius 3 is 2.55 bits per heavy atom. The third kappa shape index (κ3) is 4.41. The molecule has 0 radical (unpaired) electrons. The normalized spacial score (nSPS) is 12.2. The van der Waals surface area contributed by atoms with Crippen molar-refractivity contribution in [2.45, 2.75) is 39.5 Å². The average Bonchev–Trinajstić information content (AvgIpc) is 3.00. The topological polar surface area (TPSA) is 68.5 Å². The van der Waals surface area contributed by atoms with Gasteiger partial charge in [0.25, 0.3) is 5.91 Å². The fraction of sp³-hybridized carbons (Fsp3) is 0.304. The Balaban J connectivity index is 2.17. The van der Waals surface area contributed by atoms with Crippen LogP contribution in [-0.4, -0.2) is 28.2 Å². The second kappa shape index (κ2) is 9.28. The molecule has 0 bridgehead atoms. The molecule has 1 heterocycles. The van der Waals surface area contributed by atoms with Crippen LogP contribution in [0.2, 0.25) is 10.0 Å². The van der Waals surface area contributed by atoms with Crippen molar-refractivity contribution in [1.29, 1.82) is 0 Å². The van der Waals surface area contributed by atoms with E-state index in [0.717, 1.165) is 18.9 Å². The Kier molecular flexibility index (Phi) is 6.92. The van der Waals surface area contributed by atoms with E-state index in [4.69, 9.17) is 27.9 Å². The number of phenolic OH excluding ortho intramolecular Hbond substituents is 1. The standard InChI is InChI=1S/C23H22Cl2FNO4/c1-4-5-8-31-23(30)12(2)21-13(3)27(19-11-18(26)20(28)10-15(19)21)22(29)14-6-7-16(24)17(25)9-14/h6-7,9-12,28H,4-5,8H2,1-3H3/t12-/m1/s1. The summed E-state index contributed by atoms with van der Waals surface area (Å²) in [7, 11) is 0. The van der Waals surface area contributed by atoms with Gasteiger partial charge in [-0.15, -0.1) is 0 Å². The van der Waals surface area contributed by atoms with Gasteiger partial charge < -0.3 is 9.84 Å². The number of phenols is 1. The molecular formula is C23H22Cl2FNO4. The van der Waals surface area contributed by atoms with E-state index in [1.54, 1.807) is 13.8 Å². The van der Waals surface area contributed by atoms with Gasteiger partial charge in [0, 0.05) is 22.7 Å². The molecule has 0 fully saturated rings. The summed E-state index contributed by atoms with van der Waals surface area (Å²) in [5, 5.41) is 10.8. The van der Waals surface area contributed by atoms with Crippen molar-refractivity contribution < 1.29 is 23.8 Å². The van der Waals surface area contributed by atoms with Crippen molar-refractivity contribution in [2.24, 2.45) is 0 Å². The van der Waals surface area contributed by atoms with Crippen LogP contribution in [0.4, 0.5) is 4.39 Å². The molecular weight excluding hydrogens is 444 g/mol. The van der Waals surface area contributed by atoms with Crippen molar-refractivity contribution in [3.8, 4) is 5.75 Å². The molecule has 164 valence electrons. The van der Waals surface area contributed by atoms with Crippen molar-refractivity contribution >= 4 is 46.0 Å². The maximum absolute atomic E-state index is 14.2. The van der Waals surface area contributed by atoms with Crippen molar-refractivity contribution in [2.75, 3.05) is 6.61 Å². The molecule has 1 atom stereocenters. The smallest absolute Gasteiger partial charge is 0.313 e. The van der Waals surface area contributed by atoms with Gasteiger partial charge >= 0.3 is 5.97 Å². The summed E-state index contributed by atoms with van der Waals surface area (Å²) in [5.74, 6) is -3.10. The number of ether oxygens (including phenoxy) is 1. The highest BCUT2D eigenvalue weighted by Gasteiger charge is 2.28. The van der Waals surface area contributed by atoms with Gasteiger partial charge in [-0.2, -0.15) is 0 Å². The van der Waals surface area contributed by atoms with E-state index in [2.05, 4.69) is 0 Å². The van der Waals surface area contributed by atoms with Crippen molar-refractivity contribution in [3.63, 3.8) is 0 Å². The summed E-state index contributed by atoms with van der Waals surface area (Å²) in [6.07, 6.45) is 1.62.